The number of carbonyl (C=O) groups is 1. The van der Waals surface area contributed by atoms with E-state index in [0.717, 1.165) is 5.56 Å². The van der Waals surface area contributed by atoms with Crippen molar-refractivity contribution in [3.8, 4) is 0 Å². The zero-order valence-electron chi connectivity index (χ0n) is 17.4. The first kappa shape index (κ1) is 22.8. The quantitative estimate of drug-likeness (QED) is 0.394. The molecular formula is C23H18BrFN4O3S. The van der Waals surface area contributed by atoms with Gasteiger partial charge in [0.15, 0.2) is 0 Å². The first-order chi connectivity index (χ1) is 15.7. The van der Waals surface area contributed by atoms with Crippen LogP contribution in [0, 0.1) is 5.82 Å². The first-order valence-corrected chi connectivity index (χ1v) is 12.0. The Hall–Kier alpha value is -3.37. The fourth-order valence-electron chi connectivity index (χ4n) is 3.31. The van der Waals surface area contributed by atoms with Gasteiger partial charge in [-0.2, -0.15) is 0 Å². The second-order valence-electron chi connectivity index (χ2n) is 7.26. The van der Waals surface area contributed by atoms with Gasteiger partial charge in [0.2, 0.25) is 0 Å². The van der Waals surface area contributed by atoms with Crippen LogP contribution in [0.4, 0.5) is 10.1 Å². The third-order valence-corrected chi connectivity index (χ3v) is 6.78. The molecule has 4 aromatic rings. The van der Waals surface area contributed by atoms with Crippen molar-refractivity contribution in [2.45, 2.75) is 11.4 Å². The summed E-state index contributed by atoms with van der Waals surface area (Å²) in [6.07, 6.45) is 2.90. The van der Waals surface area contributed by atoms with Gasteiger partial charge < -0.3 is 4.90 Å². The maximum Gasteiger partial charge on any atom is 0.264 e. The van der Waals surface area contributed by atoms with E-state index >= 15 is 0 Å². The summed E-state index contributed by atoms with van der Waals surface area (Å²) in [7, 11) is -2.50. The maximum absolute atomic E-state index is 13.2. The van der Waals surface area contributed by atoms with Gasteiger partial charge in [-0.05, 0) is 48.0 Å². The SMILES string of the molecule is CN(Cc1ccc(F)cc1)C(=O)c1ccc(Br)cc1NS(=O)(=O)c1cccc2nccnc12. The summed E-state index contributed by atoms with van der Waals surface area (Å²) in [5.41, 5.74) is 1.67. The van der Waals surface area contributed by atoms with E-state index in [4.69, 9.17) is 0 Å². The van der Waals surface area contributed by atoms with Crippen LogP contribution in [-0.4, -0.2) is 36.2 Å². The number of amides is 1. The molecule has 3 aromatic carbocycles. The molecule has 0 unspecified atom stereocenters. The summed E-state index contributed by atoms with van der Waals surface area (Å²) in [6.45, 7) is 0.222. The van der Waals surface area contributed by atoms with Gasteiger partial charge in [0.1, 0.15) is 16.2 Å². The number of fused-ring (bicyclic) bond motifs is 1. The molecule has 168 valence electrons. The monoisotopic (exact) mass is 528 g/mol. The zero-order chi connectivity index (χ0) is 23.6. The molecule has 33 heavy (non-hydrogen) atoms. The van der Waals surface area contributed by atoms with Crippen molar-refractivity contribution >= 4 is 48.6 Å². The Morgan fingerprint density at radius 1 is 1.06 bits per heavy atom. The Morgan fingerprint density at radius 2 is 1.79 bits per heavy atom. The molecule has 7 nitrogen and oxygen atoms in total. The van der Waals surface area contributed by atoms with Gasteiger partial charge in [-0.1, -0.05) is 34.1 Å². The highest BCUT2D eigenvalue weighted by Crippen LogP contribution is 2.27. The molecule has 0 atom stereocenters. The fourth-order valence-corrected chi connectivity index (χ4v) is 4.91. The van der Waals surface area contributed by atoms with E-state index in [2.05, 4.69) is 30.6 Å². The Labute approximate surface area is 198 Å². The van der Waals surface area contributed by atoms with Crippen LogP contribution in [0.2, 0.25) is 0 Å². The number of hydrogen-bond donors (Lipinski definition) is 1. The lowest BCUT2D eigenvalue weighted by Gasteiger charge is -2.20. The summed E-state index contributed by atoms with van der Waals surface area (Å²) >= 11 is 3.33. The molecule has 0 aliphatic heterocycles. The van der Waals surface area contributed by atoms with Crippen LogP contribution in [-0.2, 0) is 16.6 Å². The highest BCUT2D eigenvalue weighted by molar-refractivity contribution is 9.10. The predicted octanol–water partition coefficient (Wildman–Crippen LogP) is 4.60. The molecule has 0 saturated carbocycles. The normalized spacial score (nSPS) is 11.4. The van der Waals surface area contributed by atoms with Crippen LogP contribution < -0.4 is 4.72 Å². The molecule has 10 heteroatoms. The highest BCUT2D eigenvalue weighted by Gasteiger charge is 2.23. The van der Waals surface area contributed by atoms with Gasteiger partial charge >= 0.3 is 0 Å². The van der Waals surface area contributed by atoms with E-state index < -0.39 is 15.9 Å². The lowest BCUT2D eigenvalue weighted by atomic mass is 10.1. The third-order valence-electron chi connectivity index (χ3n) is 4.89. The van der Waals surface area contributed by atoms with Crippen LogP contribution in [0.3, 0.4) is 0 Å². The molecule has 0 spiro atoms. The summed E-state index contributed by atoms with van der Waals surface area (Å²) in [5.74, 6) is -0.766. The largest absolute Gasteiger partial charge is 0.337 e. The summed E-state index contributed by atoms with van der Waals surface area (Å²) in [4.78, 5) is 22.8. The van der Waals surface area contributed by atoms with Crippen molar-refractivity contribution in [3.05, 3.63) is 94.5 Å². The summed E-state index contributed by atoms with van der Waals surface area (Å²) in [6, 6.07) is 15.2. The number of carbonyl (C=O) groups excluding carboxylic acids is 1. The molecule has 1 heterocycles. The Kier molecular flexibility index (Phi) is 6.39. The van der Waals surface area contributed by atoms with Crippen LogP contribution >= 0.6 is 15.9 Å². The number of nitrogens with one attached hydrogen (secondary N) is 1. The van der Waals surface area contributed by atoms with Crippen molar-refractivity contribution in [2.75, 3.05) is 11.8 Å². The number of sulfonamides is 1. The van der Waals surface area contributed by atoms with E-state index in [1.54, 1.807) is 37.4 Å². The van der Waals surface area contributed by atoms with E-state index in [-0.39, 0.29) is 34.0 Å². The van der Waals surface area contributed by atoms with Crippen LogP contribution in [0.5, 0.6) is 0 Å². The minimum Gasteiger partial charge on any atom is -0.337 e. The lowest BCUT2D eigenvalue weighted by molar-refractivity contribution is 0.0786. The third kappa shape index (κ3) is 5.01. The minimum atomic E-state index is -4.09. The molecule has 0 saturated heterocycles. The molecule has 0 aliphatic rings. The van der Waals surface area contributed by atoms with Crippen LogP contribution in [0.15, 0.2) is 82.4 Å². The molecule has 0 fully saturated rings. The number of nitrogens with zero attached hydrogens (tertiary/aromatic N) is 3. The van der Waals surface area contributed by atoms with Gasteiger partial charge in [-0.15, -0.1) is 0 Å². The van der Waals surface area contributed by atoms with Crippen molar-refractivity contribution in [2.24, 2.45) is 0 Å². The maximum atomic E-state index is 13.2. The van der Waals surface area contributed by atoms with Gasteiger partial charge in [-0.25, -0.2) is 12.8 Å². The molecule has 0 aliphatic carbocycles. The average Bonchev–Trinajstić information content (AvgIpc) is 2.79. The Bertz CT molecular complexity index is 1440. The predicted molar refractivity (Wildman–Crippen MR) is 127 cm³/mol. The zero-order valence-corrected chi connectivity index (χ0v) is 19.8. The van der Waals surface area contributed by atoms with E-state index in [1.807, 2.05) is 0 Å². The fraction of sp³-hybridized carbons (Fsp3) is 0.0870. The first-order valence-electron chi connectivity index (χ1n) is 9.76. The molecule has 1 N–H and O–H groups in total. The van der Waals surface area contributed by atoms with Crippen LogP contribution in [0.1, 0.15) is 15.9 Å². The standard InChI is InChI=1S/C23H18BrFN4O3S/c1-29(14-15-5-8-17(25)9-6-15)23(30)18-10-7-16(24)13-20(18)28-33(31,32)21-4-2-3-19-22(21)27-12-11-26-19/h2-13,28H,14H2,1H3. The molecule has 0 radical (unpaired) electrons. The van der Waals surface area contributed by atoms with Gasteiger partial charge in [0.05, 0.1) is 16.8 Å². The molecule has 4 rings (SSSR count). The van der Waals surface area contributed by atoms with E-state index in [9.17, 15) is 17.6 Å². The molecule has 1 amide bonds. The number of anilines is 1. The number of benzene rings is 3. The molecular weight excluding hydrogens is 511 g/mol. The van der Waals surface area contributed by atoms with E-state index in [1.165, 1.54) is 47.6 Å². The molecule has 0 bridgehead atoms. The van der Waals surface area contributed by atoms with Crippen LogP contribution in [0.25, 0.3) is 11.0 Å². The second kappa shape index (κ2) is 9.24. The van der Waals surface area contributed by atoms with Crippen molar-refractivity contribution in [1.82, 2.24) is 14.9 Å². The smallest absolute Gasteiger partial charge is 0.264 e. The number of aromatic nitrogens is 2. The van der Waals surface area contributed by atoms with Crippen molar-refractivity contribution in [1.29, 1.82) is 0 Å². The number of hydrogen-bond acceptors (Lipinski definition) is 5. The highest BCUT2D eigenvalue weighted by atomic mass is 79.9. The van der Waals surface area contributed by atoms with Gasteiger partial charge in [-0.3, -0.25) is 19.5 Å². The van der Waals surface area contributed by atoms with Crippen molar-refractivity contribution in [3.63, 3.8) is 0 Å². The van der Waals surface area contributed by atoms with Gasteiger partial charge in [0, 0.05) is 30.5 Å². The van der Waals surface area contributed by atoms with E-state index in [0.29, 0.717) is 9.99 Å². The number of halogens is 2. The minimum absolute atomic E-state index is 0.0499. The summed E-state index contributed by atoms with van der Waals surface area (Å²) < 4.78 is 42.8. The molecule has 1 aromatic heterocycles. The van der Waals surface area contributed by atoms with Gasteiger partial charge in [0.25, 0.3) is 15.9 Å². The number of rotatable bonds is 6. The second-order valence-corrected chi connectivity index (χ2v) is 9.83. The number of para-hydroxylation sites is 1. The average molecular weight is 529 g/mol. The Balaban J connectivity index is 1.66. The van der Waals surface area contributed by atoms with Crippen molar-refractivity contribution < 1.29 is 17.6 Å². The Morgan fingerprint density at radius 3 is 2.55 bits per heavy atom. The summed E-state index contributed by atoms with van der Waals surface area (Å²) in [5, 5.41) is 0. The lowest BCUT2D eigenvalue weighted by Crippen LogP contribution is -2.27. The topological polar surface area (TPSA) is 92.3 Å².